The van der Waals surface area contributed by atoms with Crippen molar-refractivity contribution in [3.63, 3.8) is 0 Å². The fourth-order valence-electron chi connectivity index (χ4n) is 2.07. The van der Waals surface area contributed by atoms with Gasteiger partial charge in [0.2, 0.25) is 11.8 Å². The summed E-state index contributed by atoms with van der Waals surface area (Å²) in [5.41, 5.74) is -1.06. The summed E-state index contributed by atoms with van der Waals surface area (Å²) in [6, 6.07) is 3.09. The van der Waals surface area contributed by atoms with Crippen LogP contribution in [0.4, 0.5) is 0 Å². The minimum absolute atomic E-state index is 0.00209. The summed E-state index contributed by atoms with van der Waals surface area (Å²) in [6.45, 7) is 4.40. The molecule has 0 bridgehead atoms. The Bertz CT molecular complexity index is 720. The third-order valence-electron chi connectivity index (χ3n) is 3.10. The van der Waals surface area contributed by atoms with Gasteiger partial charge in [-0.3, -0.25) is 9.13 Å². The summed E-state index contributed by atoms with van der Waals surface area (Å²) in [7, 11) is 0. The molecule has 2 aromatic heterocycles. The van der Waals surface area contributed by atoms with Crippen LogP contribution in [0.2, 0.25) is 0 Å². The molecule has 9 heteroatoms. The Morgan fingerprint density at radius 3 is 1.71 bits per heavy atom. The lowest BCUT2D eigenvalue weighted by Gasteiger charge is -2.14. The number of aliphatic hydroxyl groups is 1. The fourth-order valence-corrected chi connectivity index (χ4v) is 2.07. The van der Waals surface area contributed by atoms with E-state index in [1.807, 2.05) is 0 Å². The Balaban J connectivity index is 2.04. The summed E-state index contributed by atoms with van der Waals surface area (Å²) >= 11 is 0. The average molecular weight is 336 g/mol. The van der Waals surface area contributed by atoms with E-state index in [9.17, 15) is 14.7 Å². The standard InChI is InChI=1S/C15H20N4O5/c1-3-23-12-5-7-18(14(21)16-12)9-11(20)10-19-8-6-13(24-4-2)17-15(19)22/h5-8,11,20H,3-4,9-10H2,1-2H3. The fraction of sp³-hybridized carbons (Fsp3) is 0.467. The van der Waals surface area contributed by atoms with Gasteiger partial charge in [0.15, 0.2) is 0 Å². The predicted molar refractivity (Wildman–Crippen MR) is 85.3 cm³/mol. The maximum atomic E-state index is 11.8. The number of ether oxygens (including phenoxy) is 2. The van der Waals surface area contributed by atoms with E-state index < -0.39 is 17.5 Å². The van der Waals surface area contributed by atoms with Gasteiger partial charge in [-0.1, -0.05) is 0 Å². The summed E-state index contributed by atoms with van der Waals surface area (Å²) in [4.78, 5) is 31.2. The van der Waals surface area contributed by atoms with Crippen molar-refractivity contribution in [3.8, 4) is 11.8 Å². The lowest BCUT2D eigenvalue weighted by molar-refractivity contribution is 0.130. The van der Waals surface area contributed by atoms with Crippen molar-refractivity contribution in [2.24, 2.45) is 0 Å². The molecule has 0 atom stereocenters. The topological polar surface area (TPSA) is 108 Å². The minimum atomic E-state index is -0.958. The summed E-state index contributed by atoms with van der Waals surface area (Å²) in [5.74, 6) is 0.473. The minimum Gasteiger partial charge on any atom is -0.478 e. The van der Waals surface area contributed by atoms with Gasteiger partial charge in [-0.15, -0.1) is 0 Å². The van der Waals surface area contributed by atoms with E-state index in [4.69, 9.17) is 9.47 Å². The van der Waals surface area contributed by atoms with Crippen LogP contribution in [0.5, 0.6) is 11.8 Å². The summed E-state index contributed by atoms with van der Waals surface area (Å²) in [6.07, 6.45) is 2.02. The van der Waals surface area contributed by atoms with Gasteiger partial charge >= 0.3 is 11.4 Å². The molecule has 0 radical (unpaired) electrons. The molecule has 0 amide bonds. The van der Waals surface area contributed by atoms with Gasteiger partial charge in [-0.05, 0) is 13.8 Å². The van der Waals surface area contributed by atoms with E-state index in [1.165, 1.54) is 21.5 Å². The highest BCUT2D eigenvalue weighted by Gasteiger charge is 2.11. The highest BCUT2D eigenvalue weighted by molar-refractivity contribution is 5.06. The molecule has 24 heavy (non-hydrogen) atoms. The average Bonchev–Trinajstić information content (AvgIpc) is 2.53. The van der Waals surface area contributed by atoms with Gasteiger partial charge in [0.05, 0.1) is 32.4 Å². The van der Waals surface area contributed by atoms with Crippen molar-refractivity contribution in [2.75, 3.05) is 13.2 Å². The van der Waals surface area contributed by atoms with E-state index in [-0.39, 0.29) is 24.8 Å². The lowest BCUT2D eigenvalue weighted by Crippen LogP contribution is -2.33. The second-order valence-electron chi connectivity index (χ2n) is 4.92. The highest BCUT2D eigenvalue weighted by Crippen LogP contribution is 2.03. The van der Waals surface area contributed by atoms with Crippen LogP contribution in [0.3, 0.4) is 0 Å². The van der Waals surface area contributed by atoms with Crippen LogP contribution < -0.4 is 20.9 Å². The van der Waals surface area contributed by atoms with E-state index in [1.54, 1.807) is 26.0 Å². The smallest absolute Gasteiger partial charge is 0.350 e. The second-order valence-corrected chi connectivity index (χ2v) is 4.92. The van der Waals surface area contributed by atoms with Gasteiger partial charge in [0.1, 0.15) is 0 Å². The molecule has 0 aliphatic carbocycles. The molecule has 9 nitrogen and oxygen atoms in total. The quantitative estimate of drug-likeness (QED) is 0.702. The maximum absolute atomic E-state index is 11.8. The summed E-state index contributed by atoms with van der Waals surface area (Å²) in [5, 5.41) is 10.1. The molecule has 0 saturated carbocycles. The molecule has 0 aromatic carbocycles. The first-order chi connectivity index (χ1) is 11.5. The third kappa shape index (κ3) is 4.66. The molecule has 0 aliphatic heterocycles. The van der Waals surface area contributed by atoms with Crippen LogP contribution in [0.25, 0.3) is 0 Å². The van der Waals surface area contributed by atoms with Crippen LogP contribution in [0, 0.1) is 0 Å². The first kappa shape index (κ1) is 17.7. The van der Waals surface area contributed by atoms with Crippen LogP contribution in [0.15, 0.2) is 34.1 Å². The zero-order valence-corrected chi connectivity index (χ0v) is 13.6. The van der Waals surface area contributed by atoms with Crippen molar-refractivity contribution >= 4 is 0 Å². The number of nitrogens with zero attached hydrogens (tertiary/aromatic N) is 4. The second kappa shape index (κ2) is 8.25. The van der Waals surface area contributed by atoms with Crippen molar-refractivity contribution in [3.05, 3.63) is 45.5 Å². The Kier molecular flexibility index (Phi) is 6.07. The number of hydrogen-bond acceptors (Lipinski definition) is 7. The molecular weight excluding hydrogens is 316 g/mol. The first-order valence-corrected chi connectivity index (χ1v) is 7.62. The number of rotatable bonds is 8. The molecule has 0 saturated heterocycles. The van der Waals surface area contributed by atoms with Crippen molar-refractivity contribution in [2.45, 2.75) is 33.0 Å². The molecule has 2 rings (SSSR count). The van der Waals surface area contributed by atoms with Gasteiger partial charge in [0.25, 0.3) is 0 Å². The number of hydrogen-bond donors (Lipinski definition) is 1. The van der Waals surface area contributed by atoms with Gasteiger partial charge in [-0.25, -0.2) is 9.59 Å². The molecule has 0 aliphatic rings. The molecule has 2 heterocycles. The normalized spacial score (nSPS) is 10.8. The largest absolute Gasteiger partial charge is 0.478 e. The van der Waals surface area contributed by atoms with Crippen LogP contribution in [-0.4, -0.2) is 43.5 Å². The maximum Gasteiger partial charge on any atom is 0.350 e. The third-order valence-corrected chi connectivity index (χ3v) is 3.10. The SMILES string of the molecule is CCOc1ccn(CC(O)Cn2ccc(OCC)nc2=O)c(=O)n1. The molecule has 130 valence electrons. The molecule has 0 fully saturated rings. The van der Waals surface area contributed by atoms with Crippen molar-refractivity contribution < 1.29 is 14.6 Å². The van der Waals surface area contributed by atoms with Gasteiger partial charge in [-0.2, -0.15) is 9.97 Å². The molecule has 2 aromatic rings. The van der Waals surface area contributed by atoms with Crippen molar-refractivity contribution in [1.29, 1.82) is 0 Å². The lowest BCUT2D eigenvalue weighted by atomic mass is 10.3. The van der Waals surface area contributed by atoms with E-state index in [0.717, 1.165) is 0 Å². The zero-order chi connectivity index (χ0) is 17.5. The van der Waals surface area contributed by atoms with Gasteiger partial charge in [0, 0.05) is 24.5 Å². The van der Waals surface area contributed by atoms with E-state index in [2.05, 4.69) is 9.97 Å². The molecule has 1 N–H and O–H groups in total. The van der Waals surface area contributed by atoms with Crippen LogP contribution >= 0.6 is 0 Å². The Labute approximate surface area is 138 Å². The van der Waals surface area contributed by atoms with Crippen molar-refractivity contribution in [1.82, 2.24) is 19.1 Å². The molecular formula is C15H20N4O5. The Morgan fingerprint density at radius 2 is 1.38 bits per heavy atom. The van der Waals surface area contributed by atoms with E-state index in [0.29, 0.717) is 13.2 Å². The van der Waals surface area contributed by atoms with E-state index >= 15 is 0 Å². The van der Waals surface area contributed by atoms with Crippen LogP contribution in [-0.2, 0) is 13.1 Å². The number of aliphatic hydroxyl groups excluding tert-OH is 1. The molecule has 0 spiro atoms. The summed E-state index contributed by atoms with van der Waals surface area (Å²) < 4.78 is 12.8. The Hall–Kier alpha value is -2.68. The van der Waals surface area contributed by atoms with Crippen LogP contribution in [0.1, 0.15) is 13.8 Å². The monoisotopic (exact) mass is 336 g/mol. The predicted octanol–water partition coefficient (Wildman–Crippen LogP) is -0.341. The number of aromatic nitrogens is 4. The Morgan fingerprint density at radius 1 is 0.958 bits per heavy atom. The molecule has 0 unspecified atom stereocenters. The zero-order valence-electron chi connectivity index (χ0n) is 13.6. The van der Waals surface area contributed by atoms with Gasteiger partial charge < -0.3 is 14.6 Å². The highest BCUT2D eigenvalue weighted by atomic mass is 16.5. The first-order valence-electron chi connectivity index (χ1n) is 7.62.